The molecule has 0 aliphatic carbocycles. The zero-order chi connectivity index (χ0) is 14.1. The first-order valence-corrected chi connectivity index (χ1v) is 6.44. The number of benzene rings is 2. The predicted octanol–water partition coefficient (Wildman–Crippen LogP) is 2.80. The molecule has 1 aliphatic heterocycles. The third-order valence-electron chi connectivity index (χ3n) is 3.60. The van der Waals surface area contributed by atoms with Gasteiger partial charge >= 0.3 is 0 Å². The van der Waals surface area contributed by atoms with E-state index in [4.69, 9.17) is 11.0 Å². The Balaban J connectivity index is 1.81. The summed E-state index contributed by atoms with van der Waals surface area (Å²) < 4.78 is 13.3. The maximum absolute atomic E-state index is 13.3. The van der Waals surface area contributed by atoms with Crippen molar-refractivity contribution in [3.8, 4) is 6.07 Å². The van der Waals surface area contributed by atoms with Crippen LogP contribution in [0.5, 0.6) is 0 Å². The minimum absolute atomic E-state index is 0.306. The molecular formula is C16H14FN3. The van der Waals surface area contributed by atoms with Crippen LogP contribution in [-0.4, -0.2) is 4.90 Å². The first-order chi connectivity index (χ1) is 9.65. The highest BCUT2D eigenvalue weighted by Gasteiger charge is 2.20. The van der Waals surface area contributed by atoms with Crippen molar-refractivity contribution in [2.75, 3.05) is 5.73 Å². The van der Waals surface area contributed by atoms with E-state index in [0.29, 0.717) is 12.1 Å². The van der Waals surface area contributed by atoms with E-state index in [-0.39, 0.29) is 5.82 Å². The maximum Gasteiger partial charge on any atom is 0.123 e. The summed E-state index contributed by atoms with van der Waals surface area (Å²) in [4.78, 5) is 2.18. The molecule has 20 heavy (non-hydrogen) atoms. The second kappa shape index (κ2) is 4.95. The molecular weight excluding hydrogens is 253 g/mol. The summed E-state index contributed by atoms with van der Waals surface area (Å²) in [5, 5.41) is 9.09. The fourth-order valence-electron chi connectivity index (χ4n) is 2.64. The fourth-order valence-corrected chi connectivity index (χ4v) is 2.64. The summed E-state index contributed by atoms with van der Waals surface area (Å²) in [6.07, 6.45) is 0. The summed E-state index contributed by atoms with van der Waals surface area (Å²) >= 11 is 0. The molecule has 0 spiro atoms. The van der Waals surface area contributed by atoms with Gasteiger partial charge in [0.15, 0.2) is 0 Å². The van der Waals surface area contributed by atoms with Crippen LogP contribution in [-0.2, 0) is 19.6 Å². The zero-order valence-electron chi connectivity index (χ0n) is 10.9. The Kier molecular flexibility index (Phi) is 3.13. The maximum atomic E-state index is 13.3. The Morgan fingerprint density at radius 2 is 1.95 bits per heavy atom. The number of nitrogens with two attached hydrogens (primary N) is 1. The van der Waals surface area contributed by atoms with Crippen LogP contribution < -0.4 is 5.73 Å². The molecule has 100 valence electrons. The average molecular weight is 267 g/mol. The smallest absolute Gasteiger partial charge is 0.123 e. The van der Waals surface area contributed by atoms with Crippen molar-refractivity contribution < 1.29 is 4.39 Å². The van der Waals surface area contributed by atoms with Crippen LogP contribution in [0.15, 0.2) is 36.4 Å². The molecule has 1 heterocycles. The Morgan fingerprint density at radius 3 is 2.75 bits per heavy atom. The SMILES string of the molecule is N#Cc1ccc(F)cc1CN1Cc2ccc(N)cc2C1. The number of rotatable bonds is 2. The van der Waals surface area contributed by atoms with Crippen LogP contribution >= 0.6 is 0 Å². The van der Waals surface area contributed by atoms with Crippen molar-refractivity contribution >= 4 is 5.69 Å². The summed E-state index contributed by atoms with van der Waals surface area (Å²) in [5.74, 6) is -0.306. The molecule has 0 saturated carbocycles. The van der Waals surface area contributed by atoms with Crippen molar-refractivity contribution in [3.63, 3.8) is 0 Å². The highest BCUT2D eigenvalue weighted by atomic mass is 19.1. The van der Waals surface area contributed by atoms with Gasteiger partial charge in [0, 0.05) is 25.3 Å². The zero-order valence-corrected chi connectivity index (χ0v) is 10.9. The van der Waals surface area contributed by atoms with E-state index < -0.39 is 0 Å². The number of hydrogen-bond acceptors (Lipinski definition) is 3. The van der Waals surface area contributed by atoms with Gasteiger partial charge in [0.05, 0.1) is 11.6 Å². The summed E-state index contributed by atoms with van der Waals surface area (Å²) in [6.45, 7) is 2.15. The fraction of sp³-hybridized carbons (Fsp3) is 0.188. The van der Waals surface area contributed by atoms with Gasteiger partial charge in [-0.1, -0.05) is 6.07 Å². The first-order valence-electron chi connectivity index (χ1n) is 6.44. The quantitative estimate of drug-likeness (QED) is 0.851. The van der Waals surface area contributed by atoms with Crippen LogP contribution in [0.3, 0.4) is 0 Å². The second-order valence-corrected chi connectivity index (χ2v) is 5.09. The van der Waals surface area contributed by atoms with E-state index in [1.54, 1.807) is 0 Å². The van der Waals surface area contributed by atoms with Crippen molar-refractivity contribution in [2.45, 2.75) is 19.6 Å². The molecule has 2 aromatic rings. The lowest BCUT2D eigenvalue weighted by molar-refractivity contribution is 0.275. The third-order valence-corrected chi connectivity index (χ3v) is 3.60. The second-order valence-electron chi connectivity index (χ2n) is 5.09. The minimum Gasteiger partial charge on any atom is -0.399 e. The van der Waals surface area contributed by atoms with E-state index in [1.807, 2.05) is 18.2 Å². The van der Waals surface area contributed by atoms with Gasteiger partial charge in [-0.3, -0.25) is 4.90 Å². The number of nitriles is 1. The molecule has 0 bridgehead atoms. The van der Waals surface area contributed by atoms with Crippen molar-refractivity contribution in [1.82, 2.24) is 4.90 Å². The van der Waals surface area contributed by atoms with Gasteiger partial charge in [-0.05, 0) is 47.0 Å². The van der Waals surface area contributed by atoms with Crippen LogP contribution in [0, 0.1) is 17.1 Å². The number of nitrogen functional groups attached to an aromatic ring is 1. The molecule has 0 saturated heterocycles. The molecule has 0 aromatic heterocycles. The van der Waals surface area contributed by atoms with Gasteiger partial charge in [0.1, 0.15) is 5.82 Å². The number of fused-ring (bicyclic) bond motifs is 1. The van der Waals surface area contributed by atoms with Crippen molar-refractivity contribution in [1.29, 1.82) is 5.26 Å². The molecule has 1 aliphatic rings. The van der Waals surface area contributed by atoms with Gasteiger partial charge in [-0.15, -0.1) is 0 Å². The first kappa shape index (κ1) is 12.6. The lowest BCUT2D eigenvalue weighted by Crippen LogP contribution is -2.16. The Labute approximate surface area is 117 Å². The molecule has 4 heteroatoms. The molecule has 0 radical (unpaired) electrons. The van der Waals surface area contributed by atoms with Crippen LogP contribution in [0.2, 0.25) is 0 Å². The van der Waals surface area contributed by atoms with Crippen molar-refractivity contribution in [2.24, 2.45) is 0 Å². The average Bonchev–Trinajstić information content (AvgIpc) is 2.80. The normalized spacial score (nSPS) is 14.0. The van der Waals surface area contributed by atoms with Crippen LogP contribution in [0.4, 0.5) is 10.1 Å². The lowest BCUT2D eigenvalue weighted by Gasteiger charge is -2.15. The Morgan fingerprint density at radius 1 is 1.15 bits per heavy atom. The minimum atomic E-state index is -0.306. The molecule has 0 unspecified atom stereocenters. The molecule has 2 N–H and O–H groups in total. The number of nitrogens with zero attached hydrogens (tertiary/aromatic N) is 2. The number of halogens is 1. The number of hydrogen-bond donors (Lipinski definition) is 1. The van der Waals surface area contributed by atoms with Crippen LogP contribution in [0.1, 0.15) is 22.3 Å². The molecule has 3 nitrogen and oxygen atoms in total. The van der Waals surface area contributed by atoms with Gasteiger partial charge in [0.2, 0.25) is 0 Å². The van der Waals surface area contributed by atoms with Gasteiger partial charge in [0.25, 0.3) is 0 Å². The van der Waals surface area contributed by atoms with Gasteiger partial charge < -0.3 is 5.73 Å². The van der Waals surface area contributed by atoms with E-state index in [2.05, 4.69) is 11.0 Å². The standard InChI is InChI=1S/C16H14FN3/c17-15-3-1-11(7-18)13(5-15)9-20-8-12-2-4-16(19)6-14(12)10-20/h1-6H,8-10,19H2. The highest BCUT2D eigenvalue weighted by molar-refractivity contribution is 5.46. The Hall–Kier alpha value is -2.38. The molecule has 0 fully saturated rings. The molecule has 3 rings (SSSR count). The summed E-state index contributed by atoms with van der Waals surface area (Å²) in [7, 11) is 0. The van der Waals surface area contributed by atoms with E-state index in [9.17, 15) is 4.39 Å². The lowest BCUT2D eigenvalue weighted by atomic mass is 10.1. The van der Waals surface area contributed by atoms with E-state index >= 15 is 0 Å². The van der Waals surface area contributed by atoms with Gasteiger partial charge in [-0.2, -0.15) is 5.26 Å². The Bertz CT molecular complexity index is 703. The van der Waals surface area contributed by atoms with E-state index in [0.717, 1.165) is 24.3 Å². The number of anilines is 1. The molecule has 0 amide bonds. The highest BCUT2D eigenvalue weighted by Crippen LogP contribution is 2.26. The van der Waals surface area contributed by atoms with Crippen molar-refractivity contribution in [3.05, 3.63) is 64.5 Å². The summed E-state index contributed by atoms with van der Waals surface area (Å²) in [6, 6.07) is 12.3. The topological polar surface area (TPSA) is 53.0 Å². The third kappa shape index (κ3) is 2.36. The monoisotopic (exact) mass is 267 g/mol. The predicted molar refractivity (Wildman–Crippen MR) is 74.9 cm³/mol. The molecule has 0 atom stereocenters. The summed E-state index contributed by atoms with van der Waals surface area (Å²) in [5.41, 5.74) is 10.3. The van der Waals surface area contributed by atoms with E-state index in [1.165, 1.54) is 29.3 Å². The van der Waals surface area contributed by atoms with Crippen LogP contribution in [0.25, 0.3) is 0 Å². The van der Waals surface area contributed by atoms with Gasteiger partial charge in [-0.25, -0.2) is 4.39 Å². The molecule has 2 aromatic carbocycles. The largest absolute Gasteiger partial charge is 0.399 e.